The SMILES string of the molecule is Cc1cc(Br)c(NC(=O)c2ccc(CN)o2)cc1Cl. The van der Waals surface area contributed by atoms with E-state index in [4.69, 9.17) is 21.8 Å². The quantitative estimate of drug-likeness (QED) is 0.892. The van der Waals surface area contributed by atoms with E-state index in [1.807, 2.05) is 13.0 Å². The molecule has 100 valence electrons. The highest BCUT2D eigenvalue weighted by Crippen LogP contribution is 2.29. The van der Waals surface area contributed by atoms with Crippen molar-refractivity contribution in [2.24, 2.45) is 5.73 Å². The lowest BCUT2D eigenvalue weighted by Crippen LogP contribution is -2.11. The van der Waals surface area contributed by atoms with Crippen LogP contribution in [0.3, 0.4) is 0 Å². The van der Waals surface area contributed by atoms with Crippen LogP contribution < -0.4 is 11.1 Å². The van der Waals surface area contributed by atoms with Gasteiger partial charge in [-0.15, -0.1) is 0 Å². The van der Waals surface area contributed by atoms with Crippen molar-refractivity contribution in [2.75, 3.05) is 5.32 Å². The molecule has 0 aliphatic rings. The minimum absolute atomic E-state index is 0.212. The van der Waals surface area contributed by atoms with Gasteiger partial charge in [0.1, 0.15) is 5.76 Å². The molecular formula is C13H12BrClN2O2. The summed E-state index contributed by atoms with van der Waals surface area (Å²) in [5, 5.41) is 3.31. The number of hydrogen-bond donors (Lipinski definition) is 2. The maximum absolute atomic E-state index is 12.0. The van der Waals surface area contributed by atoms with E-state index in [0.29, 0.717) is 16.5 Å². The highest BCUT2D eigenvalue weighted by Gasteiger charge is 2.13. The number of aryl methyl sites for hydroxylation is 1. The topological polar surface area (TPSA) is 68.3 Å². The molecule has 0 spiro atoms. The van der Waals surface area contributed by atoms with E-state index >= 15 is 0 Å². The molecule has 1 heterocycles. The van der Waals surface area contributed by atoms with Gasteiger partial charge in [0.15, 0.2) is 5.76 Å². The second-order valence-electron chi connectivity index (χ2n) is 4.01. The molecule has 0 atom stereocenters. The molecular weight excluding hydrogens is 332 g/mol. The number of anilines is 1. The Balaban J connectivity index is 2.21. The van der Waals surface area contributed by atoms with Gasteiger partial charge in [-0.1, -0.05) is 11.6 Å². The molecule has 0 fully saturated rings. The van der Waals surface area contributed by atoms with Gasteiger partial charge in [-0.05, 0) is 52.7 Å². The number of hydrogen-bond acceptors (Lipinski definition) is 3. The third-order valence-electron chi connectivity index (χ3n) is 2.58. The first-order chi connectivity index (χ1) is 9.01. The first kappa shape index (κ1) is 14.1. The van der Waals surface area contributed by atoms with Gasteiger partial charge < -0.3 is 15.5 Å². The van der Waals surface area contributed by atoms with Crippen LogP contribution in [-0.2, 0) is 6.54 Å². The fourth-order valence-electron chi connectivity index (χ4n) is 1.54. The van der Waals surface area contributed by atoms with Crippen molar-refractivity contribution in [3.05, 3.63) is 50.8 Å². The summed E-state index contributed by atoms with van der Waals surface area (Å²) >= 11 is 9.41. The number of amides is 1. The average molecular weight is 344 g/mol. The highest BCUT2D eigenvalue weighted by atomic mass is 79.9. The van der Waals surface area contributed by atoms with Gasteiger partial charge in [-0.25, -0.2) is 0 Å². The predicted molar refractivity (Wildman–Crippen MR) is 78.4 cm³/mol. The molecule has 0 aliphatic carbocycles. The normalized spacial score (nSPS) is 10.5. The van der Waals surface area contributed by atoms with Gasteiger partial charge in [-0.3, -0.25) is 4.79 Å². The summed E-state index contributed by atoms with van der Waals surface area (Å²) in [5.74, 6) is 0.426. The zero-order chi connectivity index (χ0) is 14.0. The third-order valence-corrected chi connectivity index (χ3v) is 3.65. The van der Waals surface area contributed by atoms with Crippen LogP contribution in [0, 0.1) is 6.92 Å². The average Bonchev–Trinajstić information content (AvgIpc) is 2.84. The van der Waals surface area contributed by atoms with E-state index in [-0.39, 0.29) is 18.2 Å². The number of carbonyl (C=O) groups excluding carboxylic acids is 1. The van der Waals surface area contributed by atoms with Gasteiger partial charge in [0.2, 0.25) is 0 Å². The van der Waals surface area contributed by atoms with Crippen LogP contribution in [0.25, 0.3) is 0 Å². The molecule has 3 N–H and O–H groups in total. The number of halogens is 2. The van der Waals surface area contributed by atoms with Gasteiger partial charge in [0.25, 0.3) is 5.91 Å². The fourth-order valence-corrected chi connectivity index (χ4v) is 2.26. The zero-order valence-electron chi connectivity index (χ0n) is 10.2. The first-order valence-electron chi connectivity index (χ1n) is 5.57. The van der Waals surface area contributed by atoms with E-state index in [2.05, 4.69) is 21.2 Å². The summed E-state index contributed by atoms with van der Waals surface area (Å²) < 4.78 is 6.03. The highest BCUT2D eigenvalue weighted by molar-refractivity contribution is 9.10. The van der Waals surface area contributed by atoms with E-state index in [1.165, 1.54) is 0 Å². The maximum atomic E-state index is 12.0. The smallest absolute Gasteiger partial charge is 0.291 e. The maximum Gasteiger partial charge on any atom is 0.291 e. The molecule has 2 rings (SSSR count). The Labute approximate surface area is 124 Å². The second-order valence-corrected chi connectivity index (χ2v) is 5.27. The Bertz CT molecular complexity index is 625. The van der Waals surface area contributed by atoms with Gasteiger partial charge in [0.05, 0.1) is 12.2 Å². The van der Waals surface area contributed by atoms with E-state index in [9.17, 15) is 4.79 Å². The summed E-state index contributed by atoms with van der Waals surface area (Å²) in [5.41, 5.74) is 6.94. The van der Waals surface area contributed by atoms with Crippen molar-refractivity contribution in [1.82, 2.24) is 0 Å². The van der Waals surface area contributed by atoms with Crippen LogP contribution in [-0.4, -0.2) is 5.91 Å². The summed E-state index contributed by atoms with van der Waals surface area (Å²) in [6.07, 6.45) is 0. The minimum Gasteiger partial charge on any atom is -0.455 e. The fraction of sp³-hybridized carbons (Fsp3) is 0.154. The lowest BCUT2D eigenvalue weighted by atomic mass is 10.2. The van der Waals surface area contributed by atoms with Crippen molar-refractivity contribution in [1.29, 1.82) is 0 Å². The molecule has 2 aromatic rings. The molecule has 4 nitrogen and oxygen atoms in total. The minimum atomic E-state index is -0.347. The van der Waals surface area contributed by atoms with Gasteiger partial charge in [0, 0.05) is 9.50 Å². The molecule has 0 saturated carbocycles. The summed E-state index contributed by atoms with van der Waals surface area (Å²) in [6, 6.07) is 6.78. The predicted octanol–water partition coefficient (Wildman–Crippen LogP) is 3.71. The first-order valence-corrected chi connectivity index (χ1v) is 6.74. The van der Waals surface area contributed by atoms with Gasteiger partial charge >= 0.3 is 0 Å². The number of nitrogens with one attached hydrogen (secondary N) is 1. The van der Waals surface area contributed by atoms with E-state index < -0.39 is 0 Å². The Hall–Kier alpha value is -1.30. The molecule has 0 saturated heterocycles. The molecule has 1 aromatic carbocycles. The van der Waals surface area contributed by atoms with E-state index in [0.717, 1.165) is 10.0 Å². The number of benzene rings is 1. The van der Waals surface area contributed by atoms with Crippen LogP contribution in [0.1, 0.15) is 21.9 Å². The Morgan fingerprint density at radius 3 is 2.84 bits per heavy atom. The van der Waals surface area contributed by atoms with Crippen LogP contribution in [0.15, 0.2) is 33.2 Å². The number of furan rings is 1. The summed E-state index contributed by atoms with van der Waals surface area (Å²) in [4.78, 5) is 12.0. The number of rotatable bonds is 3. The lowest BCUT2D eigenvalue weighted by Gasteiger charge is -2.08. The Morgan fingerprint density at radius 2 is 2.21 bits per heavy atom. The van der Waals surface area contributed by atoms with Crippen molar-refractivity contribution in [3.8, 4) is 0 Å². The van der Waals surface area contributed by atoms with Crippen LogP contribution in [0.5, 0.6) is 0 Å². The zero-order valence-corrected chi connectivity index (χ0v) is 12.5. The molecule has 6 heteroatoms. The summed E-state index contributed by atoms with van der Waals surface area (Å²) in [7, 11) is 0. The molecule has 0 bridgehead atoms. The molecule has 1 amide bonds. The molecule has 0 radical (unpaired) electrons. The van der Waals surface area contributed by atoms with Gasteiger partial charge in [-0.2, -0.15) is 0 Å². The number of nitrogens with two attached hydrogens (primary N) is 1. The van der Waals surface area contributed by atoms with Crippen LogP contribution in [0.2, 0.25) is 5.02 Å². The number of carbonyl (C=O) groups is 1. The summed E-state index contributed by atoms with van der Waals surface area (Å²) in [6.45, 7) is 2.14. The second kappa shape index (κ2) is 5.77. The van der Waals surface area contributed by atoms with E-state index in [1.54, 1.807) is 18.2 Å². The lowest BCUT2D eigenvalue weighted by molar-refractivity contribution is 0.0995. The van der Waals surface area contributed by atoms with Crippen molar-refractivity contribution in [2.45, 2.75) is 13.5 Å². The molecule has 1 aromatic heterocycles. The molecule has 0 aliphatic heterocycles. The third kappa shape index (κ3) is 3.18. The van der Waals surface area contributed by atoms with Crippen molar-refractivity contribution >= 4 is 39.1 Å². The standard InChI is InChI=1S/C13H12BrClN2O2/c1-7-4-9(14)11(5-10(7)15)17-13(18)12-3-2-8(6-16)19-12/h2-5H,6,16H2,1H3,(H,17,18). The van der Waals surface area contributed by atoms with Crippen molar-refractivity contribution in [3.63, 3.8) is 0 Å². The monoisotopic (exact) mass is 342 g/mol. The van der Waals surface area contributed by atoms with Crippen LogP contribution >= 0.6 is 27.5 Å². The largest absolute Gasteiger partial charge is 0.455 e. The molecule has 19 heavy (non-hydrogen) atoms. The van der Waals surface area contributed by atoms with Crippen molar-refractivity contribution < 1.29 is 9.21 Å². The Morgan fingerprint density at radius 1 is 1.47 bits per heavy atom. The molecule has 0 unspecified atom stereocenters. The van der Waals surface area contributed by atoms with Crippen LogP contribution in [0.4, 0.5) is 5.69 Å². The Kier molecular flexibility index (Phi) is 4.29.